The second kappa shape index (κ2) is 10.5. The summed E-state index contributed by atoms with van der Waals surface area (Å²) in [5, 5.41) is 11.2. The van der Waals surface area contributed by atoms with Crippen LogP contribution in [0.5, 0.6) is 0 Å². The third kappa shape index (κ3) is 4.28. The Morgan fingerprint density at radius 3 is 2.54 bits per heavy atom. The van der Waals surface area contributed by atoms with E-state index in [1.807, 2.05) is 48.6 Å². The van der Waals surface area contributed by atoms with Gasteiger partial charge in [-0.15, -0.1) is 11.8 Å². The number of unbranched alkanes of at least 4 members (excludes halogenated alkanes) is 3. The van der Waals surface area contributed by atoms with E-state index in [4.69, 9.17) is 5.11 Å². The zero-order chi connectivity index (χ0) is 27.1. The number of amides is 3. The number of thioether (sulfide) groups is 1. The van der Waals surface area contributed by atoms with E-state index in [0.717, 1.165) is 42.1 Å². The molecule has 2 aromatic rings. The zero-order valence-electron chi connectivity index (χ0n) is 22.2. The monoisotopic (exact) mass is 545 g/mol. The maximum Gasteiger partial charge on any atom is 0.251 e. The van der Waals surface area contributed by atoms with Gasteiger partial charge in [0.25, 0.3) is 5.91 Å². The van der Waals surface area contributed by atoms with Crippen LogP contribution in [0.15, 0.2) is 66.8 Å². The van der Waals surface area contributed by atoms with E-state index in [2.05, 4.69) is 18.2 Å². The highest BCUT2D eigenvalue weighted by Gasteiger charge is 2.70. The molecule has 0 aliphatic carbocycles. The third-order valence-corrected chi connectivity index (χ3v) is 10.5. The van der Waals surface area contributed by atoms with E-state index >= 15 is 0 Å². The molecule has 204 valence electrons. The Labute approximate surface area is 233 Å². The summed E-state index contributed by atoms with van der Waals surface area (Å²) in [5.41, 5.74) is 0.812. The number of aliphatic hydroxyl groups excluding tert-OH is 1. The van der Waals surface area contributed by atoms with Crippen LogP contribution in [0, 0.1) is 11.8 Å². The number of nitrogens with zero attached hydrogens (tertiary/aromatic N) is 3. The van der Waals surface area contributed by atoms with E-state index in [9.17, 15) is 14.4 Å². The summed E-state index contributed by atoms with van der Waals surface area (Å²) < 4.78 is -0.793. The van der Waals surface area contributed by atoms with Gasteiger partial charge in [-0.1, -0.05) is 67.5 Å². The van der Waals surface area contributed by atoms with Crippen molar-refractivity contribution in [1.29, 1.82) is 0 Å². The Bertz CT molecular complexity index is 1360. The second-order valence-electron chi connectivity index (χ2n) is 11.0. The number of anilines is 1. The molecule has 1 unspecified atom stereocenters. The first-order valence-electron chi connectivity index (χ1n) is 13.9. The molecule has 2 aromatic carbocycles. The van der Waals surface area contributed by atoms with Gasteiger partial charge in [0.2, 0.25) is 11.8 Å². The summed E-state index contributed by atoms with van der Waals surface area (Å²) in [4.78, 5) is 47.6. The smallest absolute Gasteiger partial charge is 0.251 e. The topological polar surface area (TPSA) is 81.2 Å². The van der Waals surface area contributed by atoms with Gasteiger partial charge in [0.1, 0.15) is 6.04 Å². The quantitative estimate of drug-likeness (QED) is 0.425. The summed E-state index contributed by atoms with van der Waals surface area (Å²) in [5.74, 6) is -1.26. The SMILES string of the molecule is CN1CC=C[C@H]2S[C@]34C=CCN(c5ccc6ccccc6c5)C(=O)C3N(CCCCCCO)C(=O)[C@@H]4[C@H]2C1=O. The van der Waals surface area contributed by atoms with Crippen molar-refractivity contribution in [3.05, 3.63) is 66.8 Å². The molecule has 8 heteroatoms. The molecule has 0 saturated carbocycles. The van der Waals surface area contributed by atoms with E-state index in [-0.39, 0.29) is 29.6 Å². The van der Waals surface area contributed by atoms with Gasteiger partial charge >= 0.3 is 0 Å². The molecule has 2 fully saturated rings. The van der Waals surface area contributed by atoms with Crippen molar-refractivity contribution in [2.24, 2.45) is 11.8 Å². The molecule has 4 aliphatic heterocycles. The molecule has 4 aliphatic rings. The average Bonchev–Trinajstić information content (AvgIpc) is 3.26. The number of rotatable bonds is 7. The average molecular weight is 546 g/mol. The number of likely N-dealkylation sites (tertiary alicyclic amines) is 1. The highest BCUT2D eigenvalue weighted by Crippen LogP contribution is 2.61. The minimum absolute atomic E-state index is 0.0206. The number of benzene rings is 2. The molecular weight excluding hydrogens is 510 g/mol. The molecule has 0 aromatic heterocycles. The number of hydrogen-bond acceptors (Lipinski definition) is 5. The van der Waals surface area contributed by atoms with Gasteiger partial charge in [-0.3, -0.25) is 14.4 Å². The minimum atomic E-state index is -0.793. The van der Waals surface area contributed by atoms with Crippen LogP contribution in [0.3, 0.4) is 0 Å². The van der Waals surface area contributed by atoms with Crippen molar-refractivity contribution in [3.63, 3.8) is 0 Å². The van der Waals surface area contributed by atoms with Crippen LogP contribution in [-0.2, 0) is 14.4 Å². The fourth-order valence-corrected chi connectivity index (χ4v) is 8.83. The van der Waals surface area contributed by atoms with Crippen LogP contribution in [0.1, 0.15) is 25.7 Å². The molecule has 7 nitrogen and oxygen atoms in total. The van der Waals surface area contributed by atoms with E-state index in [1.54, 1.807) is 33.5 Å². The highest BCUT2D eigenvalue weighted by atomic mass is 32.2. The van der Waals surface area contributed by atoms with Gasteiger partial charge in [0.15, 0.2) is 0 Å². The van der Waals surface area contributed by atoms with Gasteiger partial charge in [-0.05, 0) is 35.7 Å². The summed E-state index contributed by atoms with van der Waals surface area (Å²) in [6.45, 7) is 1.57. The first-order chi connectivity index (χ1) is 19.0. The normalized spacial score (nSPS) is 30.0. The number of carbonyl (C=O) groups is 3. The van der Waals surface area contributed by atoms with E-state index in [0.29, 0.717) is 19.6 Å². The van der Waals surface area contributed by atoms with Crippen molar-refractivity contribution in [1.82, 2.24) is 9.80 Å². The number of hydrogen-bond donors (Lipinski definition) is 1. The third-order valence-electron chi connectivity index (χ3n) is 8.71. The zero-order valence-corrected chi connectivity index (χ0v) is 23.1. The second-order valence-corrected chi connectivity index (χ2v) is 12.5. The largest absolute Gasteiger partial charge is 0.396 e. The lowest BCUT2D eigenvalue weighted by Gasteiger charge is -2.35. The summed E-state index contributed by atoms with van der Waals surface area (Å²) in [6, 6.07) is 13.5. The van der Waals surface area contributed by atoms with Gasteiger partial charge in [-0.25, -0.2) is 0 Å². The van der Waals surface area contributed by atoms with E-state index < -0.39 is 22.6 Å². The molecule has 39 heavy (non-hydrogen) atoms. The number of likely N-dealkylation sites (N-methyl/N-ethyl adjacent to an activating group) is 1. The van der Waals surface area contributed by atoms with Gasteiger partial charge in [0.05, 0.1) is 16.6 Å². The first kappa shape index (κ1) is 26.1. The predicted molar refractivity (Wildman–Crippen MR) is 154 cm³/mol. The first-order valence-corrected chi connectivity index (χ1v) is 14.8. The maximum absolute atomic E-state index is 14.5. The van der Waals surface area contributed by atoms with Crippen LogP contribution in [0.2, 0.25) is 0 Å². The van der Waals surface area contributed by atoms with Gasteiger partial charge in [-0.2, -0.15) is 0 Å². The Balaban J connectivity index is 1.39. The molecule has 1 spiro atoms. The lowest BCUT2D eigenvalue weighted by Crippen LogP contribution is -2.53. The minimum Gasteiger partial charge on any atom is -0.396 e. The van der Waals surface area contributed by atoms with E-state index in [1.165, 1.54) is 0 Å². The molecule has 1 N–H and O–H groups in total. The number of aliphatic hydroxyl groups is 1. The van der Waals surface area contributed by atoms with Crippen LogP contribution in [0.4, 0.5) is 5.69 Å². The summed E-state index contributed by atoms with van der Waals surface area (Å²) in [6.07, 6.45) is 11.4. The number of carbonyl (C=O) groups excluding carboxylic acids is 3. The van der Waals surface area contributed by atoms with Crippen molar-refractivity contribution >= 4 is 45.9 Å². The Morgan fingerprint density at radius 2 is 1.72 bits per heavy atom. The van der Waals surface area contributed by atoms with Gasteiger partial charge in [0, 0.05) is 44.2 Å². The van der Waals surface area contributed by atoms with Crippen molar-refractivity contribution in [2.45, 2.75) is 41.7 Å². The van der Waals surface area contributed by atoms with Crippen molar-refractivity contribution in [3.8, 4) is 0 Å². The molecular formula is C31H35N3O4S. The van der Waals surface area contributed by atoms with Crippen LogP contribution in [-0.4, -0.2) is 82.0 Å². The maximum atomic E-state index is 14.5. The highest BCUT2D eigenvalue weighted by molar-refractivity contribution is 8.02. The Hall–Kier alpha value is -3.10. The Kier molecular flexibility index (Phi) is 7.02. The fraction of sp³-hybridized carbons (Fsp3) is 0.452. The molecule has 3 amide bonds. The predicted octanol–water partition coefficient (Wildman–Crippen LogP) is 3.62. The lowest BCUT2D eigenvalue weighted by molar-refractivity contribution is -0.142. The lowest BCUT2D eigenvalue weighted by atomic mass is 9.78. The van der Waals surface area contributed by atoms with Gasteiger partial charge < -0.3 is 19.8 Å². The standard InChI is InChI=1S/C31H35N3O4S/c1-32-16-8-12-24-25(28(32)36)26-29(37)34(17-6-2-3-7-19-35)27-30(38)33(18-9-15-31(26,27)39-24)23-14-13-21-10-4-5-11-22(21)20-23/h4-5,8-15,20,24-27,35H,2-3,6-7,16-19H2,1H3/t24-,25+,26+,27?,31+/m1/s1. The molecule has 6 rings (SSSR count). The van der Waals surface area contributed by atoms with Crippen LogP contribution >= 0.6 is 11.8 Å². The molecule has 4 heterocycles. The van der Waals surface area contributed by atoms with Crippen LogP contribution in [0.25, 0.3) is 10.8 Å². The Morgan fingerprint density at radius 1 is 0.923 bits per heavy atom. The molecule has 2 saturated heterocycles. The van der Waals surface area contributed by atoms with Crippen molar-refractivity contribution in [2.75, 3.05) is 38.2 Å². The molecule has 0 radical (unpaired) electrons. The summed E-state index contributed by atoms with van der Waals surface area (Å²) >= 11 is 1.62. The fourth-order valence-electron chi connectivity index (χ4n) is 6.83. The summed E-state index contributed by atoms with van der Waals surface area (Å²) in [7, 11) is 1.79. The molecule has 5 atom stereocenters. The number of fused-ring (bicyclic) bond motifs is 3. The molecule has 0 bridgehead atoms. The van der Waals surface area contributed by atoms with Crippen LogP contribution < -0.4 is 4.90 Å². The van der Waals surface area contributed by atoms with Crippen molar-refractivity contribution < 1.29 is 19.5 Å².